The lowest BCUT2D eigenvalue weighted by Crippen LogP contribution is -2.28. The van der Waals surface area contributed by atoms with Crippen LogP contribution in [0.1, 0.15) is 18.9 Å². The van der Waals surface area contributed by atoms with Crippen molar-refractivity contribution in [2.75, 3.05) is 11.9 Å². The van der Waals surface area contributed by atoms with E-state index in [1.54, 1.807) is 12.1 Å². The first kappa shape index (κ1) is 19.0. The van der Waals surface area contributed by atoms with Gasteiger partial charge in [-0.15, -0.1) is 0 Å². The fourth-order valence-electron chi connectivity index (χ4n) is 2.07. The van der Waals surface area contributed by atoms with Crippen molar-refractivity contribution in [1.82, 2.24) is 4.72 Å². The quantitative estimate of drug-likeness (QED) is 0.789. The SMILES string of the molecule is CCc1ccc(NC(=O)CCNS(=O)(=O)c2ccc(F)c(F)c2)cc1. The second-order valence-electron chi connectivity index (χ2n) is 5.32. The van der Waals surface area contributed by atoms with Crippen molar-refractivity contribution in [2.24, 2.45) is 0 Å². The largest absolute Gasteiger partial charge is 0.326 e. The molecule has 0 aliphatic carbocycles. The van der Waals surface area contributed by atoms with Crippen molar-refractivity contribution in [2.45, 2.75) is 24.7 Å². The Kier molecular flexibility index (Phi) is 6.22. The third kappa shape index (κ3) is 5.33. The summed E-state index contributed by atoms with van der Waals surface area (Å²) in [6.07, 6.45) is 0.790. The molecule has 134 valence electrons. The van der Waals surface area contributed by atoms with Crippen LogP contribution in [0.15, 0.2) is 47.4 Å². The van der Waals surface area contributed by atoms with Gasteiger partial charge in [-0.1, -0.05) is 19.1 Å². The number of nitrogens with one attached hydrogen (secondary N) is 2. The van der Waals surface area contributed by atoms with E-state index in [1.165, 1.54) is 0 Å². The van der Waals surface area contributed by atoms with Gasteiger partial charge in [-0.05, 0) is 42.3 Å². The maximum Gasteiger partial charge on any atom is 0.240 e. The van der Waals surface area contributed by atoms with Crippen molar-refractivity contribution in [3.05, 3.63) is 59.7 Å². The van der Waals surface area contributed by atoms with E-state index in [-0.39, 0.29) is 18.9 Å². The van der Waals surface area contributed by atoms with Crippen LogP contribution in [0.2, 0.25) is 0 Å². The Hall–Kier alpha value is -2.32. The second-order valence-corrected chi connectivity index (χ2v) is 7.09. The van der Waals surface area contributed by atoms with Gasteiger partial charge in [0.05, 0.1) is 4.90 Å². The van der Waals surface area contributed by atoms with Crippen molar-refractivity contribution in [1.29, 1.82) is 0 Å². The highest BCUT2D eigenvalue weighted by Crippen LogP contribution is 2.14. The smallest absolute Gasteiger partial charge is 0.240 e. The molecule has 0 unspecified atom stereocenters. The summed E-state index contributed by atoms with van der Waals surface area (Å²) < 4.78 is 52.1. The van der Waals surface area contributed by atoms with Gasteiger partial charge in [-0.2, -0.15) is 0 Å². The zero-order valence-electron chi connectivity index (χ0n) is 13.6. The van der Waals surface area contributed by atoms with Gasteiger partial charge < -0.3 is 5.32 Å². The Morgan fingerprint density at radius 3 is 2.32 bits per heavy atom. The third-order valence-corrected chi connectivity index (χ3v) is 4.95. The van der Waals surface area contributed by atoms with Crippen LogP contribution in [0.4, 0.5) is 14.5 Å². The van der Waals surface area contributed by atoms with Gasteiger partial charge in [0.2, 0.25) is 15.9 Å². The minimum Gasteiger partial charge on any atom is -0.326 e. The molecule has 0 fully saturated rings. The summed E-state index contributed by atoms with van der Waals surface area (Å²) in [5, 5.41) is 2.65. The molecule has 0 saturated heterocycles. The fraction of sp³-hybridized carbons (Fsp3) is 0.235. The van der Waals surface area contributed by atoms with Gasteiger partial charge in [-0.3, -0.25) is 4.79 Å². The standard InChI is InChI=1S/C17H18F2N2O3S/c1-2-12-3-5-13(6-4-12)21-17(22)9-10-20-25(23,24)14-7-8-15(18)16(19)11-14/h3-8,11,20H,2,9-10H2,1H3,(H,21,22). The van der Waals surface area contributed by atoms with Crippen LogP contribution in [0.5, 0.6) is 0 Å². The second kappa shape index (κ2) is 8.17. The minimum atomic E-state index is -4.01. The number of carbonyl (C=O) groups excluding carboxylic acids is 1. The number of hydrogen-bond donors (Lipinski definition) is 2. The van der Waals surface area contributed by atoms with Crippen molar-refractivity contribution in [3.8, 4) is 0 Å². The molecule has 0 aliphatic heterocycles. The summed E-state index contributed by atoms with van der Waals surface area (Å²) >= 11 is 0. The molecule has 25 heavy (non-hydrogen) atoms. The molecule has 0 heterocycles. The van der Waals surface area contributed by atoms with Crippen molar-refractivity contribution >= 4 is 21.6 Å². The van der Waals surface area contributed by atoms with Crippen LogP contribution < -0.4 is 10.0 Å². The molecule has 2 N–H and O–H groups in total. The maximum atomic E-state index is 13.1. The van der Waals surface area contributed by atoms with Crippen LogP contribution in [-0.2, 0) is 21.2 Å². The van der Waals surface area contributed by atoms with E-state index in [0.717, 1.165) is 24.1 Å². The number of benzene rings is 2. The molecule has 0 aromatic heterocycles. The number of halogens is 2. The van der Waals surface area contributed by atoms with E-state index < -0.39 is 26.6 Å². The van der Waals surface area contributed by atoms with Crippen LogP contribution in [0.3, 0.4) is 0 Å². The van der Waals surface area contributed by atoms with Crippen LogP contribution in [0.25, 0.3) is 0 Å². The zero-order chi connectivity index (χ0) is 18.4. The summed E-state index contributed by atoms with van der Waals surface area (Å²) in [4.78, 5) is 11.4. The number of anilines is 1. The predicted octanol–water partition coefficient (Wildman–Crippen LogP) is 2.83. The molecule has 0 radical (unpaired) electrons. The van der Waals surface area contributed by atoms with E-state index in [0.29, 0.717) is 11.8 Å². The Balaban J connectivity index is 1.87. The third-order valence-electron chi connectivity index (χ3n) is 3.49. The fourth-order valence-corrected chi connectivity index (χ4v) is 3.12. The lowest BCUT2D eigenvalue weighted by molar-refractivity contribution is -0.116. The van der Waals surface area contributed by atoms with Crippen molar-refractivity contribution in [3.63, 3.8) is 0 Å². The molecule has 2 rings (SSSR count). The number of rotatable bonds is 7. The molecular formula is C17H18F2N2O3S. The summed E-state index contributed by atoms with van der Waals surface area (Å²) in [6, 6.07) is 9.59. The summed E-state index contributed by atoms with van der Waals surface area (Å²) in [5.74, 6) is -2.75. The van der Waals surface area contributed by atoms with E-state index >= 15 is 0 Å². The Morgan fingerprint density at radius 2 is 1.72 bits per heavy atom. The van der Waals surface area contributed by atoms with E-state index in [9.17, 15) is 22.0 Å². The van der Waals surface area contributed by atoms with Crippen molar-refractivity contribution < 1.29 is 22.0 Å². The molecule has 8 heteroatoms. The van der Waals surface area contributed by atoms with E-state index in [1.807, 2.05) is 19.1 Å². The summed E-state index contributed by atoms with van der Waals surface area (Å²) in [7, 11) is -4.01. The number of hydrogen-bond acceptors (Lipinski definition) is 3. The molecule has 0 aliphatic rings. The normalized spacial score (nSPS) is 11.3. The highest BCUT2D eigenvalue weighted by atomic mass is 32.2. The highest BCUT2D eigenvalue weighted by Gasteiger charge is 2.16. The number of carbonyl (C=O) groups is 1. The van der Waals surface area contributed by atoms with Gasteiger partial charge in [0.1, 0.15) is 0 Å². The maximum absolute atomic E-state index is 13.1. The van der Waals surface area contributed by atoms with Gasteiger partial charge in [0, 0.05) is 18.7 Å². The first-order valence-electron chi connectivity index (χ1n) is 7.65. The average Bonchev–Trinajstić information content (AvgIpc) is 2.57. The first-order valence-corrected chi connectivity index (χ1v) is 9.13. The Morgan fingerprint density at radius 1 is 1.04 bits per heavy atom. The van der Waals surface area contributed by atoms with Crippen LogP contribution in [0, 0.1) is 11.6 Å². The molecule has 0 saturated carbocycles. The predicted molar refractivity (Wildman–Crippen MR) is 90.6 cm³/mol. The van der Waals surface area contributed by atoms with Gasteiger partial charge >= 0.3 is 0 Å². The van der Waals surface area contributed by atoms with E-state index in [4.69, 9.17) is 0 Å². The Bertz CT molecular complexity index is 853. The summed E-state index contributed by atoms with van der Waals surface area (Å²) in [5.41, 5.74) is 1.75. The number of aryl methyl sites for hydroxylation is 1. The van der Waals surface area contributed by atoms with E-state index in [2.05, 4.69) is 10.0 Å². The molecule has 0 bridgehead atoms. The number of amides is 1. The lowest BCUT2D eigenvalue weighted by atomic mass is 10.1. The zero-order valence-corrected chi connectivity index (χ0v) is 14.4. The van der Waals surface area contributed by atoms with Gasteiger partial charge in [0.15, 0.2) is 11.6 Å². The topological polar surface area (TPSA) is 75.3 Å². The van der Waals surface area contributed by atoms with Crippen LogP contribution >= 0.6 is 0 Å². The molecule has 1 amide bonds. The molecule has 0 spiro atoms. The number of sulfonamides is 1. The molecule has 0 atom stereocenters. The average molecular weight is 368 g/mol. The molecular weight excluding hydrogens is 350 g/mol. The first-order chi connectivity index (χ1) is 11.8. The molecule has 2 aromatic carbocycles. The Labute approximate surface area is 145 Å². The monoisotopic (exact) mass is 368 g/mol. The molecule has 5 nitrogen and oxygen atoms in total. The lowest BCUT2D eigenvalue weighted by Gasteiger charge is -2.08. The minimum absolute atomic E-state index is 0.0988. The highest BCUT2D eigenvalue weighted by molar-refractivity contribution is 7.89. The van der Waals surface area contributed by atoms with Gasteiger partial charge in [-0.25, -0.2) is 21.9 Å². The molecule has 2 aromatic rings. The van der Waals surface area contributed by atoms with Crippen LogP contribution in [-0.4, -0.2) is 20.9 Å². The van der Waals surface area contributed by atoms with Gasteiger partial charge in [0.25, 0.3) is 0 Å². The summed E-state index contributed by atoms with van der Waals surface area (Å²) in [6.45, 7) is 1.85.